The van der Waals surface area contributed by atoms with Gasteiger partial charge in [-0.25, -0.2) is 9.18 Å². The summed E-state index contributed by atoms with van der Waals surface area (Å²) in [5.74, 6) is 0.0363. The Hall–Kier alpha value is -3.61. The second-order valence-electron chi connectivity index (χ2n) is 8.77. The molecule has 0 spiro atoms. The number of aliphatic hydroxyl groups is 1. The van der Waals surface area contributed by atoms with Crippen LogP contribution in [0.1, 0.15) is 0 Å². The number of fused-ring (bicyclic) bond motifs is 2. The number of aromatic nitrogens is 1. The first-order valence-electron chi connectivity index (χ1n) is 11.6. The molecule has 5 rings (SSSR count). The van der Waals surface area contributed by atoms with Gasteiger partial charge in [0.1, 0.15) is 17.7 Å². The van der Waals surface area contributed by atoms with E-state index >= 15 is 0 Å². The van der Waals surface area contributed by atoms with Crippen LogP contribution in [0.25, 0.3) is 10.9 Å². The van der Waals surface area contributed by atoms with Crippen LogP contribution >= 0.6 is 11.8 Å². The van der Waals surface area contributed by atoms with Crippen molar-refractivity contribution in [3.8, 4) is 5.75 Å². The molecule has 0 aliphatic carbocycles. The van der Waals surface area contributed by atoms with Gasteiger partial charge in [0, 0.05) is 30.1 Å². The number of carbonyl (C=O) groups is 2. The molecule has 3 aromatic rings. The fourth-order valence-corrected chi connectivity index (χ4v) is 5.20. The third-order valence-electron chi connectivity index (χ3n) is 6.19. The van der Waals surface area contributed by atoms with E-state index in [2.05, 4.69) is 10.6 Å². The van der Waals surface area contributed by atoms with Crippen LogP contribution in [0.5, 0.6) is 5.75 Å². The number of amides is 2. The number of rotatable bonds is 8. The number of cyclic esters (lactones) is 1. The van der Waals surface area contributed by atoms with E-state index in [1.165, 1.54) is 39.4 Å². The molecular weight excluding hydrogens is 503 g/mol. The Morgan fingerprint density at radius 3 is 2.86 bits per heavy atom. The number of methoxy groups -OCH3 is 1. The number of halogens is 1. The van der Waals surface area contributed by atoms with Crippen LogP contribution in [-0.2, 0) is 16.1 Å². The molecule has 2 unspecified atom stereocenters. The van der Waals surface area contributed by atoms with Gasteiger partial charge in [-0.3, -0.25) is 14.5 Å². The van der Waals surface area contributed by atoms with Crippen LogP contribution in [0.15, 0.2) is 52.2 Å². The van der Waals surface area contributed by atoms with Crippen LogP contribution in [0.2, 0.25) is 0 Å². The summed E-state index contributed by atoms with van der Waals surface area (Å²) in [6.07, 6.45) is -2.18. The fourth-order valence-electron chi connectivity index (χ4n) is 4.39. The molecule has 2 atom stereocenters. The summed E-state index contributed by atoms with van der Waals surface area (Å²) in [4.78, 5) is 38.4. The van der Waals surface area contributed by atoms with E-state index in [1.807, 2.05) is 6.07 Å². The van der Waals surface area contributed by atoms with Crippen molar-refractivity contribution in [2.45, 2.75) is 23.6 Å². The highest BCUT2D eigenvalue weighted by atomic mass is 32.2. The zero-order valence-corrected chi connectivity index (χ0v) is 20.7. The average molecular weight is 529 g/mol. The molecule has 37 heavy (non-hydrogen) atoms. The summed E-state index contributed by atoms with van der Waals surface area (Å²) < 4.78 is 26.8. The Balaban J connectivity index is 1.19. The standard InChI is InChI=1S/C25H25FN4O6S/c1-35-16-4-2-14-3-5-24(33)29(20(14)6-16)11-15(31)9-27-10-17-12-30(25(34)36-17)21-8-19-22(7-18(21)26)37-13-23(32)28-19/h2-8,15,17,27,31H,9-13H2,1H3,(H,28,32). The Labute approximate surface area is 215 Å². The molecule has 2 aliphatic rings. The van der Waals surface area contributed by atoms with Crippen molar-refractivity contribution in [2.24, 2.45) is 0 Å². The second-order valence-corrected chi connectivity index (χ2v) is 9.79. The minimum Gasteiger partial charge on any atom is -0.497 e. The minimum atomic E-state index is -0.901. The molecule has 0 radical (unpaired) electrons. The van der Waals surface area contributed by atoms with Gasteiger partial charge in [-0.15, -0.1) is 11.8 Å². The summed E-state index contributed by atoms with van der Waals surface area (Å²) >= 11 is 1.23. The van der Waals surface area contributed by atoms with E-state index in [0.717, 1.165) is 5.39 Å². The monoisotopic (exact) mass is 528 g/mol. The highest BCUT2D eigenvalue weighted by molar-refractivity contribution is 8.00. The van der Waals surface area contributed by atoms with Crippen LogP contribution in [0, 0.1) is 5.82 Å². The summed E-state index contributed by atoms with van der Waals surface area (Å²) in [5.41, 5.74) is 0.881. The van der Waals surface area contributed by atoms with E-state index in [0.29, 0.717) is 21.8 Å². The Bertz CT molecular complexity index is 1430. The van der Waals surface area contributed by atoms with Gasteiger partial charge in [0.15, 0.2) is 0 Å². The van der Waals surface area contributed by atoms with Crippen molar-refractivity contribution in [3.63, 3.8) is 0 Å². The molecule has 1 fully saturated rings. The van der Waals surface area contributed by atoms with Crippen molar-refractivity contribution < 1.29 is 28.6 Å². The van der Waals surface area contributed by atoms with E-state index in [1.54, 1.807) is 25.3 Å². The third kappa shape index (κ3) is 5.26. The van der Waals surface area contributed by atoms with Crippen LogP contribution in [0.4, 0.5) is 20.6 Å². The Kier molecular flexibility index (Phi) is 7.04. The molecular formula is C25H25FN4O6S. The van der Waals surface area contributed by atoms with Gasteiger partial charge >= 0.3 is 6.09 Å². The van der Waals surface area contributed by atoms with Crippen molar-refractivity contribution in [3.05, 3.63) is 58.6 Å². The van der Waals surface area contributed by atoms with E-state index in [-0.39, 0.29) is 49.1 Å². The summed E-state index contributed by atoms with van der Waals surface area (Å²) in [6, 6.07) is 11.3. The van der Waals surface area contributed by atoms with Crippen molar-refractivity contribution in [1.82, 2.24) is 9.88 Å². The SMILES string of the molecule is COc1ccc2ccc(=O)n(CC(O)CNCC3CN(c4cc5c(cc4F)SCC(=O)N5)C(=O)O3)c2c1. The molecule has 10 nitrogen and oxygen atoms in total. The van der Waals surface area contributed by atoms with E-state index in [4.69, 9.17) is 9.47 Å². The van der Waals surface area contributed by atoms with Crippen molar-refractivity contribution in [2.75, 3.05) is 42.7 Å². The highest BCUT2D eigenvalue weighted by Crippen LogP contribution is 2.37. The van der Waals surface area contributed by atoms with E-state index < -0.39 is 24.1 Å². The van der Waals surface area contributed by atoms with Crippen LogP contribution in [-0.4, -0.2) is 66.4 Å². The molecule has 3 N–H and O–H groups in total. The van der Waals surface area contributed by atoms with Gasteiger partial charge in [-0.2, -0.15) is 0 Å². The van der Waals surface area contributed by atoms with Crippen molar-refractivity contribution in [1.29, 1.82) is 0 Å². The summed E-state index contributed by atoms with van der Waals surface area (Å²) in [5, 5.41) is 17.2. The zero-order chi connectivity index (χ0) is 26.1. The molecule has 0 saturated carbocycles. The topological polar surface area (TPSA) is 122 Å². The predicted molar refractivity (Wildman–Crippen MR) is 137 cm³/mol. The first-order valence-corrected chi connectivity index (χ1v) is 12.6. The molecule has 2 amide bonds. The third-order valence-corrected chi connectivity index (χ3v) is 7.25. The normalized spacial score (nSPS) is 17.9. The maximum atomic E-state index is 14.7. The number of pyridine rings is 1. The van der Waals surface area contributed by atoms with Crippen LogP contribution in [0.3, 0.4) is 0 Å². The number of hydrogen-bond donors (Lipinski definition) is 3. The number of ether oxygens (including phenoxy) is 2. The highest BCUT2D eigenvalue weighted by Gasteiger charge is 2.34. The first-order chi connectivity index (χ1) is 17.8. The van der Waals surface area contributed by atoms with Gasteiger partial charge in [-0.05, 0) is 35.7 Å². The number of hydrogen-bond acceptors (Lipinski definition) is 8. The van der Waals surface area contributed by atoms with Gasteiger partial charge in [0.25, 0.3) is 5.56 Å². The number of thioether (sulfide) groups is 1. The van der Waals surface area contributed by atoms with Gasteiger partial charge in [-0.1, -0.05) is 0 Å². The lowest BCUT2D eigenvalue weighted by atomic mass is 10.2. The number of benzene rings is 2. The van der Waals surface area contributed by atoms with Gasteiger partial charge in [0.2, 0.25) is 5.91 Å². The maximum Gasteiger partial charge on any atom is 0.414 e. The molecule has 12 heteroatoms. The largest absolute Gasteiger partial charge is 0.497 e. The quantitative estimate of drug-likeness (QED) is 0.407. The molecule has 3 heterocycles. The summed E-state index contributed by atoms with van der Waals surface area (Å²) in [7, 11) is 1.54. The molecule has 2 aliphatic heterocycles. The first kappa shape index (κ1) is 25.1. The zero-order valence-electron chi connectivity index (χ0n) is 19.9. The Morgan fingerprint density at radius 2 is 2.05 bits per heavy atom. The lowest BCUT2D eigenvalue weighted by molar-refractivity contribution is -0.113. The Morgan fingerprint density at radius 1 is 1.24 bits per heavy atom. The summed E-state index contributed by atoms with van der Waals surface area (Å²) in [6.45, 7) is 0.506. The minimum absolute atomic E-state index is 0.0276. The number of anilines is 2. The van der Waals surface area contributed by atoms with Gasteiger partial charge in [0.05, 0.1) is 48.9 Å². The smallest absolute Gasteiger partial charge is 0.414 e. The number of nitrogens with one attached hydrogen (secondary N) is 2. The number of aliphatic hydroxyl groups excluding tert-OH is 1. The lowest BCUT2D eigenvalue weighted by Crippen LogP contribution is -2.38. The van der Waals surface area contributed by atoms with E-state index in [9.17, 15) is 23.9 Å². The maximum absolute atomic E-state index is 14.7. The number of nitrogens with zero attached hydrogens (tertiary/aromatic N) is 2. The average Bonchev–Trinajstić information content (AvgIpc) is 3.25. The molecule has 0 bridgehead atoms. The number of carbonyl (C=O) groups excluding carboxylic acids is 2. The van der Waals surface area contributed by atoms with Gasteiger partial charge < -0.3 is 29.8 Å². The molecule has 194 valence electrons. The second kappa shape index (κ2) is 10.4. The predicted octanol–water partition coefficient (Wildman–Crippen LogP) is 2.17. The molecule has 2 aromatic carbocycles. The molecule has 1 aromatic heterocycles. The molecule has 1 saturated heterocycles. The van der Waals surface area contributed by atoms with Crippen LogP contribution < -0.4 is 25.8 Å². The fraction of sp³-hybridized carbons (Fsp3) is 0.320. The lowest BCUT2D eigenvalue weighted by Gasteiger charge is -2.20. The van der Waals surface area contributed by atoms with Crippen molar-refractivity contribution >= 4 is 46.0 Å².